The summed E-state index contributed by atoms with van der Waals surface area (Å²) in [6.07, 6.45) is 25.0. The zero-order valence-corrected chi connectivity index (χ0v) is 29.2. The van der Waals surface area contributed by atoms with Crippen LogP contribution in [0.1, 0.15) is 149 Å². The number of unbranched alkanes of at least 4 members (excludes halogenated alkanes) is 18. The number of hydrogen-bond acceptors (Lipinski definition) is 5. The van der Waals surface area contributed by atoms with E-state index in [1.165, 1.54) is 96.3 Å². The number of phosphoric acid groups is 1. The molecule has 0 aromatic carbocycles. The third kappa shape index (κ3) is 30.9. The molecule has 0 heterocycles. The lowest BCUT2D eigenvalue weighted by atomic mass is 10.0. The first-order valence-electron chi connectivity index (χ1n) is 17.4. The Balaban J connectivity index is 4.19. The van der Waals surface area contributed by atoms with Gasteiger partial charge in [0.1, 0.15) is 13.2 Å². The average Bonchev–Trinajstić information content (AvgIpc) is 2.92. The molecule has 42 heavy (non-hydrogen) atoms. The molecule has 0 spiro atoms. The molecule has 0 fully saturated rings. The summed E-state index contributed by atoms with van der Waals surface area (Å²) in [5.74, 6) is -0.0153. The monoisotopic (exact) mass is 621 g/mol. The van der Waals surface area contributed by atoms with Crippen LogP contribution in [0.4, 0.5) is 0 Å². The molecule has 2 N–H and O–H groups in total. The van der Waals surface area contributed by atoms with Crippen LogP contribution in [0.2, 0.25) is 0 Å². The Kier molecular flexibility index (Phi) is 27.7. The highest BCUT2D eigenvalue weighted by atomic mass is 31.2. The summed E-state index contributed by atoms with van der Waals surface area (Å²) < 4.78 is 29.3. The lowest BCUT2D eigenvalue weighted by Gasteiger charge is -2.24. The van der Waals surface area contributed by atoms with Gasteiger partial charge in [-0.25, -0.2) is 4.57 Å². The van der Waals surface area contributed by atoms with Gasteiger partial charge in [0.15, 0.2) is 0 Å². The molecule has 0 rings (SSSR count). The first-order valence-corrected chi connectivity index (χ1v) is 18.9. The summed E-state index contributed by atoms with van der Waals surface area (Å²) in [6, 6.07) is 0. The maximum Gasteiger partial charge on any atom is 0.472 e. The van der Waals surface area contributed by atoms with Crippen LogP contribution in [0, 0.1) is 0 Å². The minimum Gasteiger partial charge on any atom is -0.374 e. The second-order valence-corrected chi connectivity index (χ2v) is 14.5. The third-order valence-electron chi connectivity index (χ3n) is 7.58. The van der Waals surface area contributed by atoms with Gasteiger partial charge in [-0.05, 0) is 12.8 Å². The number of nitrogens with one attached hydrogen (secondary N) is 1. The van der Waals surface area contributed by atoms with E-state index in [1.807, 2.05) is 21.1 Å². The van der Waals surface area contributed by atoms with E-state index in [4.69, 9.17) is 13.8 Å². The molecule has 2 atom stereocenters. The minimum atomic E-state index is -4.19. The van der Waals surface area contributed by atoms with Gasteiger partial charge in [-0.15, -0.1) is 0 Å². The van der Waals surface area contributed by atoms with Crippen molar-refractivity contribution >= 4 is 13.7 Å². The lowest BCUT2D eigenvalue weighted by Crippen LogP contribution is -2.37. The lowest BCUT2D eigenvalue weighted by molar-refractivity contribution is -0.870. The van der Waals surface area contributed by atoms with Crippen molar-refractivity contribution in [3.63, 3.8) is 0 Å². The van der Waals surface area contributed by atoms with Gasteiger partial charge in [-0.3, -0.25) is 13.8 Å². The predicted molar refractivity (Wildman–Crippen MR) is 176 cm³/mol. The fourth-order valence-corrected chi connectivity index (χ4v) is 5.48. The summed E-state index contributed by atoms with van der Waals surface area (Å²) >= 11 is 0. The van der Waals surface area contributed by atoms with E-state index in [0.29, 0.717) is 24.1 Å². The zero-order chi connectivity index (χ0) is 31.4. The van der Waals surface area contributed by atoms with Crippen molar-refractivity contribution in [1.29, 1.82) is 0 Å². The number of phosphoric ester groups is 1. The number of rotatable bonds is 32. The number of carbonyl (C=O) groups excluding carboxylic acids is 1. The maximum atomic E-state index is 12.4. The highest BCUT2D eigenvalue weighted by Gasteiger charge is 2.25. The van der Waals surface area contributed by atoms with Gasteiger partial charge in [0.2, 0.25) is 5.91 Å². The van der Waals surface area contributed by atoms with Gasteiger partial charge in [0.05, 0.1) is 33.9 Å². The highest BCUT2D eigenvalue weighted by Crippen LogP contribution is 2.43. The second kappa shape index (κ2) is 28.0. The number of ether oxygens (including phenoxy) is 1. The fourth-order valence-electron chi connectivity index (χ4n) is 4.74. The number of carbonyl (C=O) groups is 1. The zero-order valence-electron chi connectivity index (χ0n) is 28.3. The fraction of sp³-hybridized carbons (Fsp3) is 0.970. The van der Waals surface area contributed by atoms with Crippen LogP contribution in [0.3, 0.4) is 0 Å². The molecule has 0 aliphatic heterocycles. The Morgan fingerprint density at radius 3 is 1.62 bits per heavy atom. The van der Waals surface area contributed by atoms with Crippen LogP contribution in [0.25, 0.3) is 0 Å². The standard InChI is InChI=1S/C33H69N2O6P/c1-6-8-10-12-13-14-15-16-17-18-19-20-21-23-25-28-39-32(30-34-33(36)26-24-22-11-9-7-2)31-41-42(37,38)40-29-27-35(3,4)5/h32H,6-31H2,1-5H3,(H-,34,36,37,38)/p+1. The van der Waals surface area contributed by atoms with Crippen LogP contribution in [-0.2, 0) is 23.1 Å². The van der Waals surface area contributed by atoms with E-state index in [0.717, 1.165) is 32.1 Å². The van der Waals surface area contributed by atoms with E-state index >= 15 is 0 Å². The van der Waals surface area contributed by atoms with Crippen molar-refractivity contribution < 1.29 is 32.5 Å². The summed E-state index contributed by atoms with van der Waals surface area (Å²) in [7, 11) is 1.77. The Bertz CT molecular complexity index is 659. The maximum absolute atomic E-state index is 12.4. The molecule has 2 unspecified atom stereocenters. The molecule has 1 amide bonds. The quantitative estimate of drug-likeness (QED) is 0.0444. The van der Waals surface area contributed by atoms with E-state index in [-0.39, 0.29) is 25.7 Å². The van der Waals surface area contributed by atoms with Crippen molar-refractivity contribution in [2.75, 3.05) is 54.1 Å². The van der Waals surface area contributed by atoms with Crippen LogP contribution in [-0.4, -0.2) is 75.4 Å². The van der Waals surface area contributed by atoms with E-state index in [9.17, 15) is 14.3 Å². The Hall–Kier alpha value is -0.500. The van der Waals surface area contributed by atoms with Gasteiger partial charge in [0.25, 0.3) is 0 Å². The molecule has 9 heteroatoms. The van der Waals surface area contributed by atoms with Crippen LogP contribution in [0.5, 0.6) is 0 Å². The molecular weight excluding hydrogens is 551 g/mol. The van der Waals surface area contributed by atoms with Crippen molar-refractivity contribution in [2.24, 2.45) is 0 Å². The number of amides is 1. The molecular formula is C33H70N2O6P+. The van der Waals surface area contributed by atoms with E-state index < -0.39 is 13.9 Å². The molecule has 8 nitrogen and oxygen atoms in total. The average molecular weight is 622 g/mol. The number of nitrogens with zero attached hydrogens (tertiary/aromatic N) is 1. The van der Waals surface area contributed by atoms with E-state index in [1.54, 1.807) is 0 Å². The minimum absolute atomic E-state index is 0.0153. The highest BCUT2D eigenvalue weighted by molar-refractivity contribution is 7.47. The van der Waals surface area contributed by atoms with Gasteiger partial charge < -0.3 is 19.4 Å². The number of hydrogen-bond donors (Lipinski definition) is 2. The smallest absolute Gasteiger partial charge is 0.374 e. The van der Waals surface area contributed by atoms with Gasteiger partial charge in [-0.2, -0.15) is 0 Å². The van der Waals surface area contributed by atoms with E-state index in [2.05, 4.69) is 19.2 Å². The first kappa shape index (κ1) is 41.5. The summed E-state index contributed by atoms with van der Waals surface area (Å²) in [6.45, 7) is 5.84. The molecule has 0 saturated heterocycles. The molecule has 252 valence electrons. The molecule has 0 aromatic heterocycles. The van der Waals surface area contributed by atoms with Crippen molar-refractivity contribution in [1.82, 2.24) is 5.32 Å². The number of likely N-dealkylation sites (N-methyl/N-ethyl adjacent to an activating group) is 1. The van der Waals surface area contributed by atoms with Crippen LogP contribution < -0.4 is 5.32 Å². The van der Waals surface area contributed by atoms with Crippen molar-refractivity contribution in [3.05, 3.63) is 0 Å². The van der Waals surface area contributed by atoms with Crippen molar-refractivity contribution in [2.45, 2.75) is 155 Å². The summed E-state index contributed by atoms with van der Waals surface area (Å²) in [4.78, 5) is 22.4. The Morgan fingerprint density at radius 2 is 1.14 bits per heavy atom. The molecule has 0 aliphatic rings. The topological polar surface area (TPSA) is 94.1 Å². The molecule has 0 radical (unpaired) electrons. The normalized spacial score (nSPS) is 14.1. The SMILES string of the molecule is CCCCCCCCCCCCCCCCCOC(CNC(=O)CCCCCCC)COP(=O)(O)OCC[N+](C)(C)C. The molecule has 0 aromatic rings. The summed E-state index contributed by atoms with van der Waals surface area (Å²) in [5, 5.41) is 2.92. The number of quaternary nitrogens is 1. The largest absolute Gasteiger partial charge is 0.472 e. The Morgan fingerprint density at radius 1 is 0.690 bits per heavy atom. The van der Waals surface area contributed by atoms with Crippen molar-refractivity contribution in [3.8, 4) is 0 Å². The molecule has 0 saturated carbocycles. The summed E-state index contributed by atoms with van der Waals surface area (Å²) in [5.41, 5.74) is 0. The third-order valence-corrected chi connectivity index (χ3v) is 8.56. The van der Waals surface area contributed by atoms with Gasteiger partial charge >= 0.3 is 7.82 Å². The molecule has 0 bridgehead atoms. The second-order valence-electron chi connectivity index (χ2n) is 13.0. The predicted octanol–water partition coefficient (Wildman–Crippen LogP) is 8.56. The first-order chi connectivity index (χ1) is 20.1. The van der Waals surface area contributed by atoms with Gasteiger partial charge in [0, 0.05) is 19.6 Å². The Labute approximate surface area is 260 Å². The van der Waals surface area contributed by atoms with Crippen LogP contribution in [0.15, 0.2) is 0 Å². The molecule has 0 aliphatic carbocycles. The van der Waals surface area contributed by atoms with Crippen LogP contribution >= 0.6 is 7.82 Å². The van der Waals surface area contributed by atoms with Gasteiger partial charge in [-0.1, -0.05) is 129 Å².